The summed E-state index contributed by atoms with van der Waals surface area (Å²) in [6.45, 7) is 0. The van der Waals surface area contributed by atoms with Crippen LogP contribution in [-0.2, 0) is 15.6 Å². The standard InChI is InChI=1S/C10H11N5O2S/c16-18(17,9-2-1-5-11-6-9)7-10-12-13-14-15(10)8-3-4-8/h1-2,5-6,8H,3-4,7H2. The SMILES string of the molecule is O=S(=O)(Cc1nnnn1C1CC1)c1cccnc1. The fraction of sp³-hybridized carbons (Fsp3) is 0.400. The highest BCUT2D eigenvalue weighted by Crippen LogP contribution is 2.34. The molecule has 2 heterocycles. The Morgan fingerprint density at radius 3 is 2.89 bits per heavy atom. The molecule has 0 bridgehead atoms. The van der Waals surface area contributed by atoms with Gasteiger partial charge in [0.05, 0.1) is 10.9 Å². The molecule has 0 N–H and O–H groups in total. The van der Waals surface area contributed by atoms with Gasteiger partial charge in [-0.15, -0.1) is 5.10 Å². The zero-order valence-electron chi connectivity index (χ0n) is 9.47. The van der Waals surface area contributed by atoms with Gasteiger partial charge in [0, 0.05) is 12.4 Å². The zero-order chi connectivity index (χ0) is 12.6. The quantitative estimate of drug-likeness (QED) is 0.793. The van der Waals surface area contributed by atoms with E-state index in [2.05, 4.69) is 20.5 Å². The fourth-order valence-corrected chi connectivity index (χ4v) is 2.90. The van der Waals surface area contributed by atoms with E-state index in [1.807, 2.05) is 0 Å². The van der Waals surface area contributed by atoms with Gasteiger partial charge in [0.2, 0.25) is 0 Å². The minimum atomic E-state index is -3.44. The molecule has 2 aromatic heterocycles. The second-order valence-corrected chi connectivity index (χ2v) is 6.21. The molecule has 0 aromatic carbocycles. The van der Waals surface area contributed by atoms with Gasteiger partial charge in [-0.1, -0.05) is 0 Å². The van der Waals surface area contributed by atoms with Gasteiger partial charge in [-0.3, -0.25) is 4.98 Å². The van der Waals surface area contributed by atoms with E-state index in [1.54, 1.807) is 10.7 Å². The van der Waals surface area contributed by atoms with Crippen molar-refractivity contribution < 1.29 is 8.42 Å². The van der Waals surface area contributed by atoms with Crippen LogP contribution in [0.3, 0.4) is 0 Å². The number of nitrogens with zero attached hydrogens (tertiary/aromatic N) is 5. The lowest BCUT2D eigenvalue weighted by Gasteiger charge is -2.04. The summed E-state index contributed by atoms with van der Waals surface area (Å²) < 4.78 is 25.9. The Balaban J connectivity index is 1.90. The van der Waals surface area contributed by atoms with Crippen molar-refractivity contribution in [3.8, 4) is 0 Å². The molecule has 1 saturated carbocycles. The number of hydrogen-bond acceptors (Lipinski definition) is 6. The van der Waals surface area contributed by atoms with E-state index in [9.17, 15) is 8.42 Å². The average molecular weight is 265 g/mol. The van der Waals surface area contributed by atoms with Crippen LogP contribution in [0.5, 0.6) is 0 Å². The van der Waals surface area contributed by atoms with Crippen LogP contribution in [0.1, 0.15) is 24.7 Å². The van der Waals surface area contributed by atoms with Gasteiger partial charge >= 0.3 is 0 Å². The average Bonchev–Trinajstić information content (AvgIpc) is 3.12. The van der Waals surface area contributed by atoms with E-state index in [4.69, 9.17) is 0 Å². The summed E-state index contributed by atoms with van der Waals surface area (Å²) >= 11 is 0. The van der Waals surface area contributed by atoms with Gasteiger partial charge in [0.25, 0.3) is 0 Å². The lowest BCUT2D eigenvalue weighted by Crippen LogP contribution is -2.11. The third-order valence-corrected chi connectivity index (χ3v) is 4.36. The van der Waals surface area contributed by atoms with Crippen LogP contribution in [0, 0.1) is 0 Å². The fourth-order valence-electron chi connectivity index (χ4n) is 1.69. The van der Waals surface area contributed by atoms with Crippen LogP contribution in [0.25, 0.3) is 0 Å². The molecule has 0 amide bonds. The highest BCUT2D eigenvalue weighted by Gasteiger charge is 2.29. The number of aromatic nitrogens is 5. The van der Waals surface area contributed by atoms with Crippen LogP contribution in [0.2, 0.25) is 0 Å². The van der Waals surface area contributed by atoms with E-state index in [0.29, 0.717) is 5.82 Å². The van der Waals surface area contributed by atoms with Crippen LogP contribution < -0.4 is 0 Å². The Labute approximate surface area is 104 Å². The maximum atomic E-state index is 12.1. The van der Waals surface area contributed by atoms with Crippen LogP contribution in [-0.4, -0.2) is 33.6 Å². The van der Waals surface area contributed by atoms with Gasteiger partial charge in [0.15, 0.2) is 15.7 Å². The number of sulfone groups is 1. The molecule has 94 valence electrons. The monoisotopic (exact) mass is 265 g/mol. The van der Waals surface area contributed by atoms with Crippen LogP contribution in [0.4, 0.5) is 0 Å². The summed E-state index contributed by atoms with van der Waals surface area (Å²) in [4.78, 5) is 4.00. The summed E-state index contributed by atoms with van der Waals surface area (Å²) in [5, 5.41) is 11.2. The largest absolute Gasteiger partial charge is 0.263 e. The molecule has 3 rings (SSSR count). The summed E-state index contributed by atoms with van der Waals surface area (Å²) in [5.74, 6) is 0.198. The van der Waals surface area contributed by atoms with Crippen molar-refractivity contribution >= 4 is 9.84 Å². The molecule has 0 aliphatic heterocycles. The van der Waals surface area contributed by atoms with Crippen LogP contribution >= 0.6 is 0 Å². The second kappa shape index (κ2) is 4.13. The van der Waals surface area contributed by atoms with E-state index in [1.165, 1.54) is 18.5 Å². The first-order valence-corrected chi connectivity index (χ1v) is 7.21. The number of rotatable bonds is 4. The minimum absolute atomic E-state index is 0.190. The van der Waals surface area contributed by atoms with Crippen molar-refractivity contribution in [2.24, 2.45) is 0 Å². The second-order valence-electron chi connectivity index (χ2n) is 4.22. The third kappa shape index (κ3) is 2.10. The number of tetrazole rings is 1. The molecule has 0 spiro atoms. The Hall–Kier alpha value is -1.83. The molecule has 7 nitrogen and oxygen atoms in total. The first kappa shape index (κ1) is 11.3. The number of hydrogen-bond donors (Lipinski definition) is 0. The van der Waals surface area contributed by atoms with Crippen molar-refractivity contribution in [1.29, 1.82) is 0 Å². The normalized spacial score (nSPS) is 15.8. The topological polar surface area (TPSA) is 90.6 Å². The summed E-state index contributed by atoms with van der Waals surface area (Å²) in [5.41, 5.74) is 0. The highest BCUT2D eigenvalue weighted by atomic mass is 32.2. The molecule has 18 heavy (non-hydrogen) atoms. The highest BCUT2D eigenvalue weighted by molar-refractivity contribution is 7.90. The molecule has 0 saturated heterocycles. The summed E-state index contributed by atoms with van der Waals surface area (Å²) in [6.07, 6.45) is 4.88. The zero-order valence-corrected chi connectivity index (χ0v) is 10.3. The Morgan fingerprint density at radius 1 is 1.39 bits per heavy atom. The van der Waals surface area contributed by atoms with E-state index in [0.717, 1.165) is 12.8 Å². The van der Waals surface area contributed by atoms with Crippen molar-refractivity contribution in [1.82, 2.24) is 25.2 Å². The lowest BCUT2D eigenvalue weighted by atomic mass is 10.5. The maximum absolute atomic E-state index is 12.1. The van der Waals surface area contributed by atoms with E-state index < -0.39 is 9.84 Å². The molecule has 1 aliphatic rings. The van der Waals surface area contributed by atoms with Crippen molar-refractivity contribution in [3.05, 3.63) is 30.4 Å². The molecule has 1 aliphatic carbocycles. The minimum Gasteiger partial charge on any atom is -0.263 e. The van der Waals surface area contributed by atoms with Gasteiger partial charge in [0.1, 0.15) is 5.75 Å². The predicted octanol–water partition coefficient (Wildman–Crippen LogP) is 0.377. The smallest absolute Gasteiger partial charge is 0.187 e. The molecule has 8 heteroatoms. The van der Waals surface area contributed by atoms with Crippen molar-refractivity contribution in [2.45, 2.75) is 29.5 Å². The molecular weight excluding hydrogens is 254 g/mol. The third-order valence-electron chi connectivity index (χ3n) is 2.77. The summed E-state index contributed by atoms with van der Waals surface area (Å²) in [7, 11) is -3.44. The first-order chi connectivity index (χ1) is 8.67. The summed E-state index contributed by atoms with van der Waals surface area (Å²) in [6, 6.07) is 3.38. The predicted molar refractivity (Wildman–Crippen MR) is 61.2 cm³/mol. The first-order valence-electron chi connectivity index (χ1n) is 5.56. The molecule has 0 radical (unpaired) electrons. The van der Waals surface area contributed by atoms with Crippen LogP contribution in [0.15, 0.2) is 29.4 Å². The van der Waals surface area contributed by atoms with Gasteiger partial charge in [-0.2, -0.15) is 0 Å². The molecule has 0 atom stereocenters. The Morgan fingerprint density at radius 2 is 2.22 bits per heavy atom. The molecular formula is C10H11N5O2S. The van der Waals surface area contributed by atoms with E-state index >= 15 is 0 Å². The van der Waals surface area contributed by atoms with Crippen molar-refractivity contribution in [3.63, 3.8) is 0 Å². The number of pyridine rings is 1. The lowest BCUT2D eigenvalue weighted by molar-refractivity contribution is 0.574. The van der Waals surface area contributed by atoms with Gasteiger partial charge in [-0.05, 0) is 35.4 Å². The Kier molecular flexibility index (Phi) is 2.58. The van der Waals surface area contributed by atoms with Crippen molar-refractivity contribution in [2.75, 3.05) is 0 Å². The van der Waals surface area contributed by atoms with E-state index in [-0.39, 0.29) is 16.7 Å². The maximum Gasteiger partial charge on any atom is 0.187 e. The molecule has 2 aromatic rings. The van der Waals surface area contributed by atoms with Gasteiger partial charge < -0.3 is 0 Å². The molecule has 1 fully saturated rings. The Bertz CT molecular complexity index is 648. The van der Waals surface area contributed by atoms with Gasteiger partial charge in [-0.25, -0.2) is 13.1 Å². The molecule has 0 unspecified atom stereocenters.